The smallest absolute Gasteiger partial charge is 0.329 e. The van der Waals surface area contributed by atoms with Gasteiger partial charge in [0, 0.05) is 85.1 Å². The molecule has 1 aliphatic carbocycles. The molecule has 3 aliphatic heterocycles. The first-order valence-electron chi connectivity index (χ1n) is 23.2. The van der Waals surface area contributed by atoms with E-state index in [0.717, 1.165) is 0 Å². The molecule has 0 amide bonds. The van der Waals surface area contributed by atoms with E-state index >= 15 is 0 Å². The second-order valence-corrected chi connectivity index (χ2v) is 23.7. The first kappa shape index (κ1) is 38.1. The fourth-order valence-electron chi connectivity index (χ4n) is 12.5. The van der Waals surface area contributed by atoms with Gasteiger partial charge >= 0.3 is 6.85 Å². The summed E-state index contributed by atoms with van der Waals surface area (Å²) >= 11 is 3.96. The van der Waals surface area contributed by atoms with Crippen LogP contribution < -0.4 is 20.6 Å². The zero-order chi connectivity index (χ0) is 42.9. The molecule has 5 heterocycles. The predicted molar refractivity (Wildman–Crippen MR) is 277 cm³/mol. The molecule has 7 aromatic carbocycles. The monoisotopic (exact) mass is 852 g/mol. The van der Waals surface area contributed by atoms with Gasteiger partial charge in [-0.1, -0.05) is 140 Å². The van der Waals surface area contributed by atoms with Crippen LogP contribution in [0.4, 0.5) is 22.7 Å². The first-order valence-corrected chi connectivity index (χ1v) is 24.8. The maximum atomic E-state index is 3.02. The van der Waals surface area contributed by atoms with Crippen LogP contribution in [0.25, 0.3) is 62.6 Å². The Morgan fingerprint density at radius 1 is 0.556 bits per heavy atom. The normalized spacial score (nSPS) is 20.2. The van der Waals surface area contributed by atoms with Crippen LogP contribution in [0, 0.1) is 0 Å². The van der Waals surface area contributed by atoms with Gasteiger partial charge in [-0.05, 0) is 112 Å². The summed E-state index contributed by atoms with van der Waals surface area (Å²) in [4.78, 5) is 5.74. The molecule has 310 valence electrons. The van der Waals surface area contributed by atoms with Crippen LogP contribution in [0.2, 0.25) is 0 Å². The predicted octanol–water partition coefficient (Wildman–Crippen LogP) is 15.7. The molecule has 0 N–H and O–H groups in total. The summed E-state index contributed by atoms with van der Waals surface area (Å²) in [5.74, 6) is 0. The highest BCUT2D eigenvalue weighted by molar-refractivity contribution is 7.27. The topological polar surface area (TPSA) is 6.48 Å². The summed E-state index contributed by atoms with van der Waals surface area (Å²) in [5.41, 5.74) is 18.0. The van der Waals surface area contributed by atoms with Crippen molar-refractivity contribution in [3.63, 3.8) is 0 Å². The van der Waals surface area contributed by atoms with Gasteiger partial charge in [0.25, 0.3) is 0 Å². The molecule has 1 fully saturated rings. The fourth-order valence-corrected chi connectivity index (χ4v) is 14.9. The number of nitrogens with zero attached hydrogens (tertiary/aromatic N) is 2. The third-order valence-corrected chi connectivity index (χ3v) is 18.4. The molecule has 0 spiro atoms. The largest absolute Gasteiger partial charge is 0.400 e. The van der Waals surface area contributed by atoms with E-state index in [9.17, 15) is 0 Å². The van der Waals surface area contributed by atoms with Crippen LogP contribution in [-0.2, 0) is 16.2 Å². The summed E-state index contributed by atoms with van der Waals surface area (Å²) < 4.78 is 5.51. The Kier molecular flexibility index (Phi) is 7.67. The van der Waals surface area contributed by atoms with E-state index in [1.807, 2.05) is 22.7 Å². The van der Waals surface area contributed by atoms with E-state index in [4.69, 9.17) is 0 Å². The standard InChI is InChI=1S/C58H53BN2S2/c1-55(2,3)35-24-25-45(39(28-35)34-18-10-9-11-19-34)60-46-31-40-37-20-12-14-22-48(37)62-50(40)33-44(46)59-52-47(60)32-41-38-21-13-15-23-49(38)63-54(41)51(52)42-29-36(56(4,5)6)30-43-53(42)61(59)58(8)27-17-16-26-57(43,58)7/h9-15,18-25,28-33H,16-17,26-27H2,1-8H3. The molecule has 2 atom stereocenters. The molecule has 2 nitrogen and oxygen atoms in total. The quantitative estimate of drug-likeness (QED) is 0.160. The van der Waals surface area contributed by atoms with Gasteiger partial charge in [0.15, 0.2) is 0 Å². The Hall–Kier alpha value is -5.36. The van der Waals surface area contributed by atoms with Crippen molar-refractivity contribution in [2.45, 2.75) is 103 Å². The van der Waals surface area contributed by atoms with Crippen LogP contribution >= 0.6 is 22.7 Å². The van der Waals surface area contributed by atoms with Gasteiger partial charge in [0.05, 0.1) is 5.69 Å². The molecule has 1 saturated carbocycles. The lowest BCUT2D eigenvalue weighted by atomic mass is 9.42. The SMILES string of the molecule is CC(C)(C)c1ccc(N2c3cc4c(cc3B3c5c2cc2c(sc6ccccc62)c5-c2cc(C(C)(C)C)cc5c2N3C2(C)CCCCC52C)sc2ccccc24)c(-c2ccccc2)c1. The number of rotatable bonds is 2. The molecule has 63 heavy (non-hydrogen) atoms. The van der Waals surface area contributed by atoms with E-state index in [-0.39, 0.29) is 28.6 Å². The van der Waals surface area contributed by atoms with Crippen molar-refractivity contribution < 1.29 is 0 Å². The number of hydrogen-bond donors (Lipinski definition) is 0. The number of anilines is 4. The Bertz CT molecular complexity index is 3430. The van der Waals surface area contributed by atoms with Crippen molar-refractivity contribution in [2.75, 3.05) is 9.71 Å². The van der Waals surface area contributed by atoms with Gasteiger partial charge in [-0.3, -0.25) is 0 Å². The van der Waals surface area contributed by atoms with E-state index in [1.54, 1.807) is 5.56 Å². The second kappa shape index (κ2) is 12.7. The van der Waals surface area contributed by atoms with Crippen LogP contribution in [-0.4, -0.2) is 12.4 Å². The summed E-state index contributed by atoms with van der Waals surface area (Å²) in [7, 11) is 0. The lowest BCUT2D eigenvalue weighted by Gasteiger charge is -2.55. The first-order chi connectivity index (χ1) is 30.2. The van der Waals surface area contributed by atoms with E-state index < -0.39 is 0 Å². The molecule has 2 unspecified atom stereocenters. The van der Waals surface area contributed by atoms with Gasteiger partial charge in [-0.15, -0.1) is 22.7 Å². The average Bonchev–Trinajstić information content (AvgIpc) is 3.89. The molecular formula is C58H53BN2S2. The molecule has 0 radical (unpaired) electrons. The number of benzene rings is 7. The zero-order valence-electron chi connectivity index (χ0n) is 37.7. The lowest BCUT2D eigenvalue weighted by molar-refractivity contribution is 0.199. The molecule has 0 bridgehead atoms. The molecule has 4 aliphatic rings. The summed E-state index contributed by atoms with van der Waals surface area (Å²) in [6, 6.07) is 49.9. The van der Waals surface area contributed by atoms with Crippen molar-refractivity contribution in [1.29, 1.82) is 0 Å². The van der Waals surface area contributed by atoms with Crippen LogP contribution in [0.15, 0.2) is 127 Å². The molecule has 13 rings (SSSR count). The molecule has 0 saturated heterocycles. The minimum atomic E-state index is -0.0638. The molecule has 2 aromatic heterocycles. The molecule has 9 aromatic rings. The van der Waals surface area contributed by atoms with Crippen LogP contribution in [0.3, 0.4) is 0 Å². The van der Waals surface area contributed by atoms with Gasteiger partial charge < -0.3 is 9.71 Å². The zero-order valence-corrected chi connectivity index (χ0v) is 39.4. The number of thiophene rings is 2. The maximum Gasteiger partial charge on any atom is 0.329 e. The minimum absolute atomic E-state index is 0.00382. The van der Waals surface area contributed by atoms with Gasteiger partial charge in [0.1, 0.15) is 0 Å². The van der Waals surface area contributed by atoms with Crippen molar-refractivity contribution >= 4 is 104 Å². The average molecular weight is 853 g/mol. The van der Waals surface area contributed by atoms with Gasteiger partial charge in [-0.25, -0.2) is 0 Å². The highest BCUT2D eigenvalue weighted by Gasteiger charge is 2.63. The van der Waals surface area contributed by atoms with E-state index in [0.29, 0.717) is 0 Å². The Balaban J connectivity index is 1.24. The van der Waals surface area contributed by atoms with E-state index in [2.05, 4.69) is 192 Å². The van der Waals surface area contributed by atoms with E-state index in [1.165, 1.54) is 133 Å². The van der Waals surface area contributed by atoms with Crippen molar-refractivity contribution in [1.82, 2.24) is 0 Å². The molecular weight excluding hydrogens is 800 g/mol. The highest BCUT2D eigenvalue weighted by Crippen LogP contribution is 2.65. The fraction of sp³-hybridized carbons (Fsp3) is 0.276. The van der Waals surface area contributed by atoms with Crippen LogP contribution in [0.5, 0.6) is 0 Å². The highest BCUT2D eigenvalue weighted by atomic mass is 32.1. The van der Waals surface area contributed by atoms with Crippen molar-refractivity contribution in [3.8, 4) is 22.3 Å². The summed E-state index contributed by atoms with van der Waals surface area (Å²) in [6.07, 6.45) is 4.93. The third-order valence-electron chi connectivity index (χ3n) is 16.1. The van der Waals surface area contributed by atoms with Gasteiger partial charge in [-0.2, -0.15) is 0 Å². The minimum Gasteiger partial charge on any atom is -0.400 e. The summed E-state index contributed by atoms with van der Waals surface area (Å²) in [6.45, 7) is 19.6. The van der Waals surface area contributed by atoms with Crippen molar-refractivity contribution in [3.05, 3.63) is 144 Å². The Labute approximate surface area is 380 Å². The summed E-state index contributed by atoms with van der Waals surface area (Å²) in [5, 5.41) is 5.40. The number of hydrogen-bond acceptors (Lipinski definition) is 4. The lowest BCUT2D eigenvalue weighted by Crippen LogP contribution is -2.70. The van der Waals surface area contributed by atoms with Crippen LogP contribution in [0.1, 0.15) is 97.8 Å². The second-order valence-electron chi connectivity index (χ2n) is 21.6. The molecule has 5 heteroatoms. The van der Waals surface area contributed by atoms with Gasteiger partial charge in [0.2, 0.25) is 0 Å². The number of fused-ring (bicyclic) bond motifs is 14. The Morgan fingerprint density at radius 2 is 1.21 bits per heavy atom. The third kappa shape index (κ3) is 5.02. The Morgan fingerprint density at radius 3 is 1.95 bits per heavy atom. The maximum absolute atomic E-state index is 3.02. The van der Waals surface area contributed by atoms with Crippen molar-refractivity contribution in [2.24, 2.45) is 0 Å².